The number of fused-ring (bicyclic) bond motifs is 1. The van der Waals surface area contributed by atoms with E-state index >= 15 is 0 Å². The number of halogens is 2. The Kier molecular flexibility index (Phi) is 4.83. The van der Waals surface area contributed by atoms with Gasteiger partial charge in [0.1, 0.15) is 11.6 Å². The quantitative estimate of drug-likeness (QED) is 0.317. The van der Waals surface area contributed by atoms with E-state index in [4.69, 9.17) is 17.0 Å². The van der Waals surface area contributed by atoms with Crippen molar-refractivity contribution in [3.05, 3.63) is 52.7 Å². The largest absolute Gasteiger partial charge is 0.349 e. The lowest BCUT2D eigenvalue weighted by Crippen LogP contribution is -2.27. The van der Waals surface area contributed by atoms with Crippen LogP contribution < -0.4 is 10.4 Å². The number of aromatic nitrogens is 3. The van der Waals surface area contributed by atoms with Crippen molar-refractivity contribution in [3.8, 4) is 0 Å². The first-order chi connectivity index (χ1) is 12.4. The van der Waals surface area contributed by atoms with Crippen LogP contribution in [-0.4, -0.2) is 31.9 Å². The van der Waals surface area contributed by atoms with E-state index in [1.54, 1.807) is 0 Å². The molecular weight excluding hydrogens is 363 g/mol. The van der Waals surface area contributed by atoms with Crippen LogP contribution in [0, 0.1) is 11.2 Å². The van der Waals surface area contributed by atoms with Gasteiger partial charge in [0, 0.05) is 18.7 Å². The highest BCUT2D eigenvalue weighted by molar-refractivity contribution is 6.31. The molecule has 0 unspecified atom stereocenters. The molecule has 0 aliphatic carbocycles. The van der Waals surface area contributed by atoms with Crippen molar-refractivity contribution < 1.29 is 14.4 Å². The summed E-state index contributed by atoms with van der Waals surface area (Å²) in [5, 5.41) is 21.6. The van der Waals surface area contributed by atoms with Gasteiger partial charge in [-0.15, -0.1) is 0 Å². The molecule has 10 heteroatoms. The topological polar surface area (TPSA) is 118 Å². The van der Waals surface area contributed by atoms with E-state index in [1.165, 1.54) is 31.3 Å². The zero-order chi connectivity index (χ0) is 18.8. The number of amides is 1. The second-order valence-electron chi connectivity index (χ2n) is 5.41. The molecule has 8 nitrogen and oxygen atoms in total. The number of hydrogen-bond acceptors (Lipinski definition) is 5. The van der Waals surface area contributed by atoms with Crippen LogP contribution in [0.5, 0.6) is 0 Å². The van der Waals surface area contributed by atoms with E-state index in [9.17, 15) is 14.4 Å². The third-order valence-corrected chi connectivity index (χ3v) is 3.85. The van der Waals surface area contributed by atoms with Crippen molar-refractivity contribution in [2.75, 3.05) is 5.06 Å². The van der Waals surface area contributed by atoms with Gasteiger partial charge in [0.2, 0.25) is 5.91 Å². The number of carbonyl (C=O) groups is 1. The number of hydrogen-bond donors (Lipinski definition) is 4. The summed E-state index contributed by atoms with van der Waals surface area (Å²) in [7, 11) is 0. The number of anilines is 1. The molecule has 3 rings (SSSR count). The highest BCUT2D eigenvalue weighted by Crippen LogP contribution is 2.24. The summed E-state index contributed by atoms with van der Waals surface area (Å²) in [6.07, 6.45) is 1.45. The normalized spacial score (nSPS) is 10.8. The average molecular weight is 377 g/mol. The Hall–Kier alpha value is -3.04. The summed E-state index contributed by atoms with van der Waals surface area (Å²) < 4.78 is 13.3. The minimum absolute atomic E-state index is 0.129. The van der Waals surface area contributed by atoms with E-state index < -0.39 is 5.82 Å². The van der Waals surface area contributed by atoms with Gasteiger partial charge >= 0.3 is 0 Å². The second-order valence-corrected chi connectivity index (χ2v) is 5.82. The molecule has 0 bridgehead atoms. The summed E-state index contributed by atoms with van der Waals surface area (Å²) in [6, 6.07) is 5.12. The Morgan fingerprint density at radius 2 is 2.23 bits per heavy atom. The zero-order valence-electron chi connectivity index (χ0n) is 13.5. The fraction of sp³-hybridized carbons (Fsp3) is 0.125. The molecule has 1 aromatic carbocycles. The van der Waals surface area contributed by atoms with Crippen molar-refractivity contribution in [1.29, 1.82) is 5.41 Å². The van der Waals surface area contributed by atoms with E-state index in [-0.39, 0.29) is 29.0 Å². The molecule has 0 radical (unpaired) electrons. The molecule has 2 aromatic heterocycles. The number of nitrogens with one attached hydrogen (secondary N) is 3. The first-order valence-electron chi connectivity index (χ1n) is 7.48. The molecule has 0 spiro atoms. The number of pyridine rings is 1. The molecule has 26 heavy (non-hydrogen) atoms. The van der Waals surface area contributed by atoms with Crippen LogP contribution >= 0.6 is 11.6 Å². The molecule has 134 valence electrons. The van der Waals surface area contributed by atoms with E-state index in [0.29, 0.717) is 27.6 Å². The van der Waals surface area contributed by atoms with Gasteiger partial charge in [-0.3, -0.25) is 15.4 Å². The van der Waals surface area contributed by atoms with Crippen LogP contribution in [0.1, 0.15) is 18.3 Å². The maximum absolute atomic E-state index is 13.3. The van der Waals surface area contributed by atoms with Crippen LogP contribution in [-0.2, 0) is 11.3 Å². The van der Waals surface area contributed by atoms with Gasteiger partial charge in [-0.05, 0) is 24.3 Å². The summed E-state index contributed by atoms with van der Waals surface area (Å²) in [5.74, 6) is -0.661. The maximum atomic E-state index is 13.3. The van der Waals surface area contributed by atoms with Gasteiger partial charge in [-0.1, -0.05) is 11.6 Å². The molecule has 0 fully saturated rings. The Morgan fingerprint density at radius 1 is 1.46 bits per heavy atom. The van der Waals surface area contributed by atoms with Crippen LogP contribution in [0.15, 0.2) is 30.5 Å². The molecule has 0 atom stereocenters. The monoisotopic (exact) mass is 376 g/mol. The summed E-state index contributed by atoms with van der Waals surface area (Å²) in [4.78, 5) is 22.3. The number of imidazole rings is 1. The zero-order valence-corrected chi connectivity index (χ0v) is 14.3. The molecule has 1 amide bonds. The fourth-order valence-electron chi connectivity index (χ4n) is 2.31. The number of nitrogens with zero attached hydrogens (tertiary/aromatic N) is 3. The molecule has 4 N–H and O–H groups in total. The number of H-pyrrole nitrogens is 1. The molecule has 2 heterocycles. The minimum Gasteiger partial charge on any atom is -0.349 e. The lowest BCUT2D eigenvalue weighted by molar-refractivity contribution is -0.119. The lowest BCUT2D eigenvalue weighted by Gasteiger charge is -2.18. The minimum atomic E-state index is -0.627. The molecule has 3 aromatic rings. The predicted octanol–water partition coefficient (Wildman–Crippen LogP) is 2.61. The highest BCUT2D eigenvalue weighted by Gasteiger charge is 2.18. The van der Waals surface area contributed by atoms with Crippen molar-refractivity contribution in [2.45, 2.75) is 13.5 Å². The van der Waals surface area contributed by atoms with Gasteiger partial charge in [0.25, 0.3) is 0 Å². The van der Waals surface area contributed by atoms with Gasteiger partial charge < -0.3 is 10.3 Å². The summed E-state index contributed by atoms with van der Waals surface area (Å²) in [6.45, 7) is 1.56. The first-order valence-corrected chi connectivity index (χ1v) is 7.85. The third kappa shape index (κ3) is 3.48. The Labute approximate surface area is 152 Å². The Balaban J connectivity index is 1.94. The van der Waals surface area contributed by atoms with Crippen molar-refractivity contribution in [3.63, 3.8) is 0 Å². The fourth-order valence-corrected chi connectivity index (χ4v) is 2.48. The van der Waals surface area contributed by atoms with Crippen molar-refractivity contribution in [2.24, 2.45) is 0 Å². The van der Waals surface area contributed by atoms with Gasteiger partial charge in [0.05, 0.1) is 22.8 Å². The van der Waals surface area contributed by atoms with E-state index in [1.807, 2.05) is 0 Å². The van der Waals surface area contributed by atoms with Crippen LogP contribution in [0.3, 0.4) is 0 Å². The number of hydroxylamine groups is 1. The Morgan fingerprint density at radius 3 is 2.92 bits per heavy atom. The lowest BCUT2D eigenvalue weighted by atomic mass is 10.2. The molecule has 0 saturated heterocycles. The molecule has 0 aliphatic heterocycles. The number of benzene rings is 1. The number of carbonyl (C=O) groups excluding carboxylic acids is 1. The number of rotatable bonds is 4. The molecular formula is C16H14ClFN6O2. The second kappa shape index (κ2) is 7.06. The van der Waals surface area contributed by atoms with Gasteiger partial charge in [-0.2, -0.15) is 0 Å². The van der Waals surface area contributed by atoms with Crippen LogP contribution in [0.25, 0.3) is 11.2 Å². The van der Waals surface area contributed by atoms with E-state index in [0.717, 1.165) is 6.07 Å². The van der Waals surface area contributed by atoms with Crippen molar-refractivity contribution >= 4 is 40.2 Å². The highest BCUT2D eigenvalue weighted by atomic mass is 35.5. The van der Waals surface area contributed by atoms with Gasteiger partial charge in [0.15, 0.2) is 11.5 Å². The standard InChI is InChI=1S/C16H14ClFN6O2/c1-8(25)21-7-13-22-14-10(4-5-20-16(14)23-13)15(19)24(26)9-2-3-12(18)11(17)6-9/h2-6,19,26H,7H2,1H3,(H,21,25)(H,20,22,23). The molecule has 0 aliphatic rings. The maximum Gasteiger partial charge on any atom is 0.217 e. The third-order valence-electron chi connectivity index (χ3n) is 3.56. The predicted molar refractivity (Wildman–Crippen MR) is 93.9 cm³/mol. The Bertz CT molecular complexity index is 1010. The number of amidine groups is 1. The van der Waals surface area contributed by atoms with Gasteiger partial charge in [-0.25, -0.2) is 19.4 Å². The SMILES string of the molecule is CC(=O)NCc1nc2nccc(C(=N)N(O)c3ccc(F)c(Cl)c3)c2[nH]1. The van der Waals surface area contributed by atoms with Crippen molar-refractivity contribution in [1.82, 2.24) is 20.3 Å². The first kappa shape index (κ1) is 17.8. The molecule has 0 saturated carbocycles. The van der Waals surface area contributed by atoms with Crippen LogP contribution in [0.2, 0.25) is 5.02 Å². The summed E-state index contributed by atoms with van der Waals surface area (Å²) >= 11 is 5.72. The number of aromatic amines is 1. The average Bonchev–Trinajstić information content (AvgIpc) is 3.04. The smallest absolute Gasteiger partial charge is 0.217 e. The van der Waals surface area contributed by atoms with E-state index in [2.05, 4.69) is 20.3 Å². The van der Waals surface area contributed by atoms with Crippen LogP contribution in [0.4, 0.5) is 10.1 Å². The summed E-state index contributed by atoms with van der Waals surface area (Å²) in [5.41, 5.74) is 1.20.